The number of nitrogens with one attached hydrogen (secondary N) is 1. The van der Waals surface area contributed by atoms with Crippen molar-refractivity contribution in [1.29, 1.82) is 0 Å². The van der Waals surface area contributed by atoms with Crippen LogP contribution in [0, 0.1) is 11.6 Å². The molecule has 0 aliphatic rings. The summed E-state index contributed by atoms with van der Waals surface area (Å²) in [6.45, 7) is 0.487. The van der Waals surface area contributed by atoms with Gasteiger partial charge < -0.3 is 11.1 Å². The highest BCUT2D eigenvalue weighted by molar-refractivity contribution is 5.57. The normalized spacial score (nSPS) is 10.5. The molecule has 2 aromatic carbocycles. The quantitative estimate of drug-likeness (QED) is 0.774. The number of aromatic nitrogens is 3. The lowest BCUT2D eigenvalue weighted by Crippen LogP contribution is -2.08. The molecule has 0 radical (unpaired) electrons. The smallest absolute Gasteiger partial charge is 0.228 e. The number of nitrogen functional groups attached to an aromatic ring is 1. The van der Waals surface area contributed by atoms with E-state index < -0.39 is 11.6 Å². The standard InChI is InChI=1S/C16H13F2N5/c17-12-6-11(7-13(18)8-12)14-21-15(19)23-16(22-14)20-9-10-4-2-1-3-5-10/h1-8H,9H2,(H3,19,20,21,22,23). The average molecular weight is 313 g/mol. The van der Waals surface area contributed by atoms with E-state index in [1.165, 1.54) is 0 Å². The Morgan fingerprint density at radius 2 is 1.61 bits per heavy atom. The van der Waals surface area contributed by atoms with Crippen LogP contribution in [0.15, 0.2) is 48.5 Å². The van der Waals surface area contributed by atoms with Crippen LogP contribution in [0.25, 0.3) is 11.4 Å². The zero-order valence-corrected chi connectivity index (χ0v) is 12.0. The van der Waals surface area contributed by atoms with E-state index in [9.17, 15) is 8.78 Å². The molecule has 1 aromatic heterocycles. The number of nitrogens with two attached hydrogens (primary N) is 1. The summed E-state index contributed by atoms with van der Waals surface area (Å²) in [6.07, 6.45) is 0. The van der Waals surface area contributed by atoms with E-state index in [0.29, 0.717) is 6.54 Å². The minimum absolute atomic E-state index is 0.0322. The van der Waals surface area contributed by atoms with Crippen LogP contribution in [0.5, 0.6) is 0 Å². The second kappa shape index (κ2) is 6.35. The van der Waals surface area contributed by atoms with Gasteiger partial charge in [-0.05, 0) is 17.7 Å². The third-order valence-corrected chi connectivity index (χ3v) is 3.07. The molecule has 0 aliphatic heterocycles. The summed E-state index contributed by atoms with van der Waals surface area (Å²) in [7, 11) is 0. The summed E-state index contributed by atoms with van der Waals surface area (Å²) >= 11 is 0. The van der Waals surface area contributed by atoms with Crippen LogP contribution in [0.2, 0.25) is 0 Å². The summed E-state index contributed by atoms with van der Waals surface area (Å²) in [5.41, 5.74) is 6.88. The largest absolute Gasteiger partial charge is 0.368 e. The molecule has 0 saturated heterocycles. The van der Waals surface area contributed by atoms with Gasteiger partial charge in [0.2, 0.25) is 11.9 Å². The zero-order valence-electron chi connectivity index (χ0n) is 12.0. The number of nitrogens with zero attached hydrogens (tertiary/aromatic N) is 3. The van der Waals surface area contributed by atoms with Crippen molar-refractivity contribution in [1.82, 2.24) is 15.0 Å². The molecule has 0 spiro atoms. The minimum atomic E-state index is -0.710. The van der Waals surface area contributed by atoms with Crippen LogP contribution in [0.4, 0.5) is 20.7 Å². The third kappa shape index (κ3) is 3.76. The SMILES string of the molecule is Nc1nc(NCc2ccccc2)nc(-c2cc(F)cc(F)c2)n1. The van der Waals surface area contributed by atoms with Gasteiger partial charge in [0.1, 0.15) is 11.6 Å². The lowest BCUT2D eigenvalue weighted by Gasteiger charge is -2.08. The lowest BCUT2D eigenvalue weighted by atomic mass is 10.2. The first-order valence-electron chi connectivity index (χ1n) is 6.86. The maximum Gasteiger partial charge on any atom is 0.228 e. The summed E-state index contributed by atoms with van der Waals surface area (Å²) in [4.78, 5) is 12.1. The Bertz CT molecular complexity index is 804. The number of halogens is 2. The fourth-order valence-corrected chi connectivity index (χ4v) is 2.06. The lowest BCUT2D eigenvalue weighted by molar-refractivity contribution is 0.584. The van der Waals surface area contributed by atoms with E-state index in [1.807, 2.05) is 30.3 Å². The highest BCUT2D eigenvalue weighted by Gasteiger charge is 2.09. The molecule has 7 heteroatoms. The van der Waals surface area contributed by atoms with Crippen LogP contribution in [-0.2, 0) is 6.54 Å². The summed E-state index contributed by atoms with van der Waals surface area (Å²) in [6, 6.07) is 12.7. The van der Waals surface area contributed by atoms with Gasteiger partial charge in [-0.25, -0.2) is 8.78 Å². The van der Waals surface area contributed by atoms with Gasteiger partial charge in [0.15, 0.2) is 5.82 Å². The van der Waals surface area contributed by atoms with Gasteiger partial charge in [0.05, 0.1) is 0 Å². The van der Waals surface area contributed by atoms with Crippen LogP contribution in [0.3, 0.4) is 0 Å². The fourth-order valence-electron chi connectivity index (χ4n) is 2.06. The molecule has 0 unspecified atom stereocenters. The first-order chi connectivity index (χ1) is 11.1. The Morgan fingerprint density at radius 1 is 0.913 bits per heavy atom. The Balaban J connectivity index is 1.87. The predicted octanol–water partition coefficient (Wildman–Crippen LogP) is 3.01. The second-order valence-corrected chi connectivity index (χ2v) is 4.84. The molecule has 3 aromatic rings. The second-order valence-electron chi connectivity index (χ2n) is 4.84. The molecule has 23 heavy (non-hydrogen) atoms. The van der Waals surface area contributed by atoms with E-state index in [4.69, 9.17) is 5.73 Å². The maximum atomic E-state index is 13.3. The molecular weight excluding hydrogens is 300 g/mol. The van der Waals surface area contributed by atoms with Gasteiger partial charge in [0, 0.05) is 18.2 Å². The van der Waals surface area contributed by atoms with Gasteiger partial charge in [-0.15, -0.1) is 0 Å². The first-order valence-corrected chi connectivity index (χ1v) is 6.86. The number of rotatable bonds is 4. The van der Waals surface area contributed by atoms with Gasteiger partial charge in [0.25, 0.3) is 0 Å². The molecule has 116 valence electrons. The Hall–Kier alpha value is -3.09. The van der Waals surface area contributed by atoms with Crippen LogP contribution in [-0.4, -0.2) is 15.0 Å². The zero-order chi connectivity index (χ0) is 16.2. The van der Waals surface area contributed by atoms with E-state index >= 15 is 0 Å². The number of benzene rings is 2. The Labute approximate surface area is 131 Å². The van der Waals surface area contributed by atoms with E-state index in [2.05, 4.69) is 20.3 Å². The van der Waals surface area contributed by atoms with Crippen molar-refractivity contribution >= 4 is 11.9 Å². The first kappa shape index (κ1) is 14.8. The maximum absolute atomic E-state index is 13.3. The third-order valence-electron chi connectivity index (χ3n) is 3.07. The van der Waals surface area contributed by atoms with E-state index in [0.717, 1.165) is 23.8 Å². The van der Waals surface area contributed by atoms with Crippen molar-refractivity contribution in [2.75, 3.05) is 11.1 Å². The minimum Gasteiger partial charge on any atom is -0.368 e. The van der Waals surface area contributed by atoms with Crippen molar-refractivity contribution in [3.05, 3.63) is 65.7 Å². The fraction of sp³-hybridized carbons (Fsp3) is 0.0625. The monoisotopic (exact) mass is 313 g/mol. The number of anilines is 2. The average Bonchev–Trinajstić information content (AvgIpc) is 2.52. The summed E-state index contributed by atoms with van der Waals surface area (Å²) in [5, 5.41) is 3.01. The molecular formula is C16H13F2N5. The number of hydrogen-bond donors (Lipinski definition) is 2. The molecule has 0 aliphatic carbocycles. The molecule has 1 heterocycles. The molecule has 0 fully saturated rings. The van der Waals surface area contributed by atoms with Crippen molar-refractivity contribution in [2.45, 2.75) is 6.54 Å². The van der Waals surface area contributed by atoms with E-state index in [1.54, 1.807) is 0 Å². The Morgan fingerprint density at radius 3 is 2.30 bits per heavy atom. The van der Waals surface area contributed by atoms with Crippen molar-refractivity contribution < 1.29 is 8.78 Å². The molecule has 0 amide bonds. The molecule has 3 N–H and O–H groups in total. The highest BCUT2D eigenvalue weighted by atomic mass is 19.1. The molecule has 0 saturated carbocycles. The predicted molar refractivity (Wildman–Crippen MR) is 83.4 cm³/mol. The van der Waals surface area contributed by atoms with E-state index in [-0.39, 0.29) is 23.3 Å². The number of hydrogen-bond acceptors (Lipinski definition) is 5. The summed E-state index contributed by atoms with van der Waals surface area (Å²) < 4.78 is 26.7. The topological polar surface area (TPSA) is 76.7 Å². The van der Waals surface area contributed by atoms with Crippen LogP contribution in [0.1, 0.15) is 5.56 Å². The molecule has 5 nitrogen and oxygen atoms in total. The molecule has 0 atom stereocenters. The van der Waals surface area contributed by atoms with Crippen molar-refractivity contribution in [2.24, 2.45) is 0 Å². The summed E-state index contributed by atoms with van der Waals surface area (Å²) in [5.74, 6) is -1.11. The van der Waals surface area contributed by atoms with Gasteiger partial charge in [-0.1, -0.05) is 30.3 Å². The molecule has 3 rings (SSSR count). The van der Waals surface area contributed by atoms with Gasteiger partial charge in [-0.3, -0.25) is 0 Å². The highest BCUT2D eigenvalue weighted by Crippen LogP contribution is 2.20. The van der Waals surface area contributed by atoms with Crippen molar-refractivity contribution in [3.63, 3.8) is 0 Å². The van der Waals surface area contributed by atoms with Gasteiger partial charge >= 0.3 is 0 Å². The van der Waals surface area contributed by atoms with Crippen molar-refractivity contribution in [3.8, 4) is 11.4 Å². The van der Waals surface area contributed by atoms with Gasteiger partial charge in [-0.2, -0.15) is 15.0 Å². The Kier molecular flexibility index (Phi) is 4.09. The molecule has 0 bridgehead atoms. The van der Waals surface area contributed by atoms with Crippen LogP contribution < -0.4 is 11.1 Å². The van der Waals surface area contributed by atoms with Crippen LogP contribution >= 0.6 is 0 Å².